The average molecular weight is 460 g/mol. The largest absolute Gasteiger partial charge is 0.344 e. The van der Waals surface area contributed by atoms with Gasteiger partial charge >= 0.3 is 5.69 Å². The SMILES string of the molecule is Cc1nc(N2CC(F)(F)C2)ccc1-n1c(=O)n(C)c2cnc3ccc(Br)cc3c21. The van der Waals surface area contributed by atoms with Crippen molar-refractivity contribution in [2.45, 2.75) is 12.8 Å². The number of pyridine rings is 2. The minimum atomic E-state index is -2.67. The van der Waals surface area contributed by atoms with E-state index >= 15 is 0 Å². The maximum atomic E-state index is 13.2. The Bertz CT molecular complexity index is 1350. The fourth-order valence-corrected chi connectivity index (χ4v) is 4.18. The number of fused-ring (bicyclic) bond motifs is 3. The molecule has 0 radical (unpaired) electrons. The Morgan fingerprint density at radius 2 is 1.93 bits per heavy atom. The van der Waals surface area contributed by atoms with Gasteiger partial charge in [-0.2, -0.15) is 0 Å². The summed E-state index contributed by atoms with van der Waals surface area (Å²) in [6.07, 6.45) is 1.68. The third kappa shape index (κ3) is 2.75. The van der Waals surface area contributed by atoms with Crippen LogP contribution in [0.4, 0.5) is 14.6 Å². The fourth-order valence-electron chi connectivity index (χ4n) is 3.82. The summed E-state index contributed by atoms with van der Waals surface area (Å²) in [5, 5.41) is 0.834. The van der Waals surface area contributed by atoms with Gasteiger partial charge in [0.05, 0.1) is 47.2 Å². The van der Waals surface area contributed by atoms with Crippen molar-refractivity contribution >= 4 is 43.7 Å². The molecule has 1 aliphatic heterocycles. The molecule has 0 saturated carbocycles. The number of alkyl halides is 2. The van der Waals surface area contributed by atoms with Crippen LogP contribution in [-0.4, -0.2) is 38.1 Å². The number of aryl methyl sites for hydroxylation is 2. The zero-order valence-electron chi connectivity index (χ0n) is 15.7. The second-order valence-corrected chi connectivity index (χ2v) is 8.23. The quantitative estimate of drug-likeness (QED) is 0.457. The number of aromatic nitrogens is 4. The lowest BCUT2D eigenvalue weighted by Gasteiger charge is -2.39. The maximum absolute atomic E-state index is 13.2. The molecule has 3 aromatic heterocycles. The van der Waals surface area contributed by atoms with Gasteiger partial charge in [0.2, 0.25) is 0 Å². The van der Waals surface area contributed by atoms with E-state index in [-0.39, 0.29) is 18.8 Å². The van der Waals surface area contributed by atoms with Crippen molar-refractivity contribution in [2.24, 2.45) is 7.05 Å². The Morgan fingerprint density at radius 1 is 1.17 bits per heavy atom. The monoisotopic (exact) mass is 459 g/mol. The number of benzene rings is 1. The Kier molecular flexibility index (Phi) is 3.83. The lowest BCUT2D eigenvalue weighted by molar-refractivity contribution is -0.0267. The van der Waals surface area contributed by atoms with Crippen molar-refractivity contribution in [3.63, 3.8) is 0 Å². The Balaban J connectivity index is 1.74. The van der Waals surface area contributed by atoms with Gasteiger partial charge in [-0.3, -0.25) is 14.1 Å². The van der Waals surface area contributed by atoms with Crippen LogP contribution in [0.5, 0.6) is 0 Å². The van der Waals surface area contributed by atoms with E-state index < -0.39 is 5.92 Å². The molecule has 0 amide bonds. The molecule has 4 aromatic rings. The predicted molar refractivity (Wildman–Crippen MR) is 111 cm³/mol. The highest BCUT2D eigenvalue weighted by Gasteiger charge is 2.44. The summed E-state index contributed by atoms with van der Waals surface area (Å²) in [6.45, 7) is 1.11. The molecule has 5 rings (SSSR count). The van der Waals surface area contributed by atoms with Crippen molar-refractivity contribution < 1.29 is 8.78 Å². The van der Waals surface area contributed by atoms with Crippen LogP contribution in [0, 0.1) is 6.92 Å². The first kappa shape index (κ1) is 18.2. The molecule has 9 heteroatoms. The van der Waals surface area contributed by atoms with Crippen molar-refractivity contribution in [2.75, 3.05) is 18.0 Å². The lowest BCUT2D eigenvalue weighted by atomic mass is 10.1. The third-order valence-electron chi connectivity index (χ3n) is 5.30. The van der Waals surface area contributed by atoms with E-state index in [1.807, 2.05) is 18.2 Å². The zero-order valence-corrected chi connectivity index (χ0v) is 17.2. The highest BCUT2D eigenvalue weighted by Crippen LogP contribution is 2.32. The van der Waals surface area contributed by atoms with E-state index in [1.54, 1.807) is 41.4 Å². The summed E-state index contributed by atoms with van der Waals surface area (Å²) in [4.78, 5) is 23.6. The van der Waals surface area contributed by atoms with Crippen LogP contribution < -0.4 is 10.6 Å². The van der Waals surface area contributed by atoms with Crippen LogP contribution in [-0.2, 0) is 7.05 Å². The minimum absolute atomic E-state index is 0.220. The van der Waals surface area contributed by atoms with Crippen molar-refractivity contribution in [1.29, 1.82) is 0 Å². The summed E-state index contributed by atoms with van der Waals surface area (Å²) in [7, 11) is 1.70. The summed E-state index contributed by atoms with van der Waals surface area (Å²) >= 11 is 3.49. The van der Waals surface area contributed by atoms with Crippen molar-refractivity contribution in [1.82, 2.24) is 19.1 Å². The molecule has 0 spiro atoms. The Labute approximate surface area is 172 Å². The van der Waals surface area contributed by atoms with Gasteiger partial charge in [0.25, 0.3) is 5.92 Å². The summed E-state index contributed by atoms with van der Waals surface area (Å²) in [5.41, 5.74) is 3.19. The van der Waals surface area contributed by atoms with Crippen LogP contribution in [0.2, 0.25) is 0 Å². The molecule has 4 heterocycles. The van der Waals surface area contributed by atoms with E-state index in [4.69, 9.17) is 0 Å². The number of imidazole rings is 1. The molecule has 1 aliphatic rings. The summed E-state index contributed by atoms with van der Waals surface area (Å²) in [5.74, 6) is -2.18. The van der Waals surface area contributed by atoms with E-state index in [0.717, 1.165) is 20.9 Å². The molecular formula is C20H16BrF2N5O. The van der Waals surface area contributed by atoms with Gasteiger partial charge in [0.15, 0.2) is 0 Å². The first-order valence-electron chi connectivity index (χ1n) is 9.02. The van der Waals surface area contributed by atoms with E-state index in [0.29, 0.717) is 22.7 Å². The third-order valence-corrected chi connectivity index (χ3v) is 5.79. The minimum Gasteiger partial charge on any atom is -0.344 e. The summed E-state index contributed by atoms with van der Waals surface area (Å²) < 4.78 is 30.4. The van der Waals surface area contributed by atoms with Gasteiger partial charge in [0, 0.05) is 16.9 Å². The summed E-state index contributed by atoms with van der Waals surface area (Å²) in [6, 6.07) is 9.16. The molecule has 0 unspecified atom stereocenters. The van der Waals surface area contributed by atoms with Crippen LogP contribution in [0.25, 0.3) is 27.6 Å². The van der Waals surface area contributed by atoms with Gasteiger partial charge in [0.1, 0.15) is 5.82 Å². The van der Waals surface area contributed by atoms with Gasteiger partial charge < -0.3 is 4.90 Å². The number of anilines is 1. The van der Waals surface area contributed by atoms with Crippen LogP contribution in [0.1, 0.15) is 5.69 Å². The number of hydrogen-bond acceptors (Lipinski definition) is 4. The normalized spacial score (nSPS) is 15.8. The van der Waals surface area contributed by atoms with E-state index in [9.17, 15) is 13.6 Å². The molecule has 0 aliphatic carbocycles. The van der Waals surface area contributed by atoms with Gasteiger partial charge in [-0.05, 0) is 37.3 Å². The van der Waals surface area contributed by atoms with E-state index in [2.05, 4.69) is 25.9 Å². The first-order valence-corrected chi connectivity index (χ1v) is 9.81. The first-order chi connectivity index (χ1) is 13.7. The smallest absolute Gasteiger partial charge is 0.333 e. The van der Waals surface area contributed by atoms with E-state index in [1.165, 1.54) is 4.90 Å². The number of rotatable bonds is 2. The second kappa shape index (κ2) is 6.09. The van der Waals surface area contributed by atoms with Gasteiger partial charge in [-0.25, -0.2) is 18.6 Å². The van der Waals surface area contributed by atoms with Crippen LogP contribution >= 0.6 is 15.9 Å². The number of hydrogen-bond donors (Lipinski definition) is 0. The number of nitrogens with zero attached hydrogens (tertiary/aromatic N) is 5. The molecular weight excluding hydrogens is 444 g/mol. The molecule has 1 aromatic carbocycles. The average Bonchev–Trinajstić information content (AvgIpc) is 2.91. The molecule has 0 atom stereocenters. The Morgan fingerprint density at radius 3 is 2.62 bits per heavy atom. The fraction of sp³-hybridized carbons (Fsp3) is 0.250. The molecule has 6 nitrogen and oxygen atoms in total. The highest BCUT2D eigenvalue weighted by molar-refractivity contribution is 9.10. The molecule has 1 saturated heterocycles. The maximum Gasteiger partial charge on any atom is 0.333 e. The van der Waals surface area contributed by atoms with Crippen molar-refractivity contribution in [3.8, 4) is 5.69 Å². The van der Waals surface area contributed by atoms with Crippen LogP contribution in [0.3, 0.4) is 0 Å². The molecule has 0 N–H and O–H groups in total. The van der Waals surface area contributed by atoms with Gasteiger partial charge in [-0.1, -0.05) is 15.9 Å². The standard InChI is InChI=1S/C20H16BrF2N5O/c1-11-15(5-6-17(25-11)27-9-20(22,23)10-27)28-18-13-7-12(21)3-4-14(13)24-8-16(18)26(2)19(28)29/h3-8H,9-10H2,1-2H3. The molecule has 0 bridgehead atoms. The Hall–Kier alpha value is -2.81. The molecule has 148 valence electrons. The highest BCUT2D eigenvalue weighted by atomic mass is 79.9. The second-order valence-electron chi connectivity index (χ2n) is 7.32. The zero-order chi connectivity index (χ0) is 20.5. The predicted octanol–water partition coefficient (Wildman–Crippen LogP) is 3.80. The van der Waals surface area contributed by atoms with Crippen molar-refractivity contribution in [3.05, 3.63) is 57.2 Å². The lowest BCUT2D eigenvalue weighted by Crippen LogP contribution is -2.56. The van der Waals surface area contributed by atoms with Crippen LogP contribution in [0.15, 0.2) is 45.8 Å². The number of halogens is 3. The molecule has 29 heavy (non-hydrogen) atoms. The molecule has 1 fully saturated rings. The van der Waals surface area contributed by atoms with Gasteiger partial charge in [-0.15, -0.1) is 0 Å². The topological polar surface area (TPSA) is 56.0 Å².